The molecule has 2 nitrogen and oxygen atoms in total. The Bertz CT molecular complexity index is 412. The smallest absolute Gasteiger partial charge is 0.276 e. The first-order chi connectivity index (χ1) is 7.82. The molecular formula is C10H8F5NO. The first kappa shape index (κ1) is 13.6. The number of hydrogen-bond acceptors (Lipinski definition) is 2. The Kier molecular flexibility index (Phi) is 4.17. The van der Waals surface area contributed by atoms with Crippen molar-refractivity contribution >= 4 is 5.71 Å². The summed E-state index contributed by atoms with van der Waals surface area (Å²) < 4.78 is 62.1. The van der Waals surface area contributed by atoms with Gasteiger partial charge >= 0.3 is 0 Å². The third-order valence-corrected chi connectivity index (χ3v) is 2.07. The van der Waals surface area contributed by atoms with Crippen LogP contribution in [0.25, 0.3) is 0 Å². The van der Waals surface area contributed by atoms with Gasteiger partial charge in [-0.05, 0) is 17.7 Å². The molecule has 1 aromatic rings. The molecule has 94 valence electrons. The molecule has 0 aliphatic carbocycles. The Morgan fingerprint density at radius 2 is 1.65 bits per heavy atom. The van der Waals surface area contributed by atoms with Crippen molar-refractivity contribution in [3.05, 3.63) is 35.1 Å². The summed E-state index contributed by atoms with van der Waals surface area (Å²) in [6, 6.07) is 1.00. The van der Waals surface area contributed by atoms with Crippen LogP contribution in [-0.4, -0.2) is 17.2 Å². The molecule has 1 rings (SSSR count). The molecule has 0 fully saturated rings. The number of rotatable bonds is 4. The quantitative estimate of drug-likeness (QED) is 0.483. The van der Waals surface area contributed by atoms with Crippen LogP contribution in [0.15, 0.2) is 12.1 Å². The molecule has 0 amide bonds. The number of aliphatic hydroxyl groups excluding tert-OH is 1. The highest BCUT2D eigenvalue weighted by Crippen LogP contribution is 2.22. The van der Waals surface area contributed by atoms with Gasteiger partial charge in [-0.1, -0.05) is 0 Å². The Morgan fingerprint density at radius 1 is 1.18 bits per heavy atom. The zero-order valence-electron chi connectivity index (χ0n) is 8.35. The molecular weight excluding hydrogens is 245 g/mol. The highest BCUT2D eigenvalue weighted by Gasteiger charge is 2.20. The van der Waals surface area contributed by atoms with Crippen LogP contribution < -0.4 is 0 Å². The zero-order chi connectivity index (χ0) is 13.2. The van der Waals surface area contributed by atoms with Crippen LogP contribution in [0.2, 0.25) is 0 Å². The molecule has 0 radical (unpaired) electrons. The maximum Gasteiger partial charge on any atom is 0.276 e. The van der Waals surface area contributed by atoms with Gasteiger partial charge in [0.25, 0.3) is 6.43 Å². The number of aliphatic hydroxyl groups is 1. The van der Waals surface area contributed by atoms with E-state index in [4.69, 9.17) is 5.41 Å². The average Bonchev–Trinajstić information content (AvgIpc) is 2.24. The first-order valence-corrected chi connectivity index (χ1v) is 4.51. The number of alkyl halides is 2. The van der Waals surface area contributed by atoms with Crippen LogP contribution in [0, 0.1) is 22.9 Å². The fourth-order valence-electron chi connectivity index (χ4n) is 1.18. The monoisotopic (exact) mass is 253 g/mol. The van der Waals surface area contributed by atoms with Crippen molar-refractivity contribution in [2.45, 2.75) is 19.0 Å². The second-order valence-electron chi connectivity index (χ2n) is 3.34. The minimum atomic E-state index is -3.06. The number of nitrogens with one attached hydrogen (secondary N) is 1. The molecule has 1 unspecified atom stereocenters. The summed E-state index contributed by atoms with van der Waals surface area (Å²) in [4.78, 5) is 0. The minimum absolute atomic E-state index is 0.396. The third kappa shape index (κ3) is 3.23. The Morgan fingerprint density at radius 3 is 2.06 bits per heavy atom. The second kappa shape index (κ2) is 5.22. The van der Waals surface area contributed by atoms with Gasteiger partial charge in [0.2, 0.25) is 0 Å². The van der Waals surface area contributed by atoms with Crippen LogP contribution in [-0.2, 0) is 0 Å². The Balaban J connectivity index is 2.90. The fourth-order valence-corrected chi connectivity index (χ4v) is 1.18. The Labute approximate surface area is 93.2 Å². The molecule has 7 heteroatoms. The third-order valence-electron chi connectivity index (χ3n) is 2.07. The molecule has 0 spiro atoms. The summed E-state index contributed by atoms with van der Waals surface area (Å²) in [6.07, 6.45) is -5.51. The van der Waals surface area contributed by atoms with E-state index in [1.807, 2.05) is 0 Å². The van der Waals surface area contributed by atoms with Gasteiger partial charge in [0, 0.05) is 6.42 Å². The van der Waals surface area contributed by atoms with Crippen molar-refractivity contribution in [1.29, 1.82) is 5.41 Å². The largest absolute Gasteiger partial charge is 0.388 e. The Hall–Kier alpha value is -1.50. The highest BCUT2D eigenvalue weighted by atomic mass is 19.3. The lowest BCUT2D eigenvalue weighted by Gasteiger charge is -2.12. The van der Waals surface area contributed by atoms with Gasteiger partial charge in [0.1, 0.15) is 0 Å². The summed E-state index contributed by atoms with van der Waals surface area (Å²) >= 11 is 0. The molecule has 0 saturated carbocycles. The van der Waals surface area contributed by atoms with Gasteiger partial charge in [-0.3, -0.25) is 0 Å². The van der Waals surface area contributed by atoms with Crippen LogP contribution >= 0.6 is 0 Å². The van der Waals surface area contributed by atoms with E-state index in [-0.39, 0.29) is 0 Å². The molecule has 0 aromatic heterocycles. The first-order valence-electron chi connectivity index (χ1n) is 4.51. The fraction of sp³-hybridized carbons (Fsp3) is 0.300. The molecule has 1 aromatic carbocycles. The van der Waals surface area contributed by atoms with Gasteiger partial charge in [0.05, 0.1) is 11.8 Å². The normalized spacial score (nSPS) is 12.9. The summed E-state index contributed by atoms with van der Waals surface area (Å²) in [5.41, 5.74) is -1.46. The van der Waals surface area contributed by atoms with E-state index in [1.54, 1.807) is 0 Å². The molecule has 0 saturated heterocycles. The standard InChI is InChI=1S/C10H8F5NO/c11-5-1-4(2-6(12)9(5)13)8(17)3-7(16)10(14)15/h1-2,8,10,16-17H,3H2. The molecule has 0 bridgehead atoms. The second-order valence-corrected chi connectivity index (χ2v) is 3.34. The molecule has 0 aliphatic rings. The number of halogens is 5. The van der Waals surface area contributed by atoms with Gasteiger partial charge in [-0.25, -0.2) is 22.0 Å². The SMILES string of the molecule is N=C(CC(O)c1cc(F)c(F)c(F)c1)C(F)F. The van der Waals surface area contributed by atoms with Crippen LogP contribution in [0.5, 0.6) is 0 Å². The van der Waals surface area contributed by atoms with Gasteiger partial charge in [-0.15, -0.1) is 0 Å². The van der Waals surface area contributed by atoms with Gasteiger partial charge in [0.15, 0.2) is 17.5 Å². The van der Waals surface area contributed by atoms with Gasteiger partial charge in [-0.2, -0.15) is 0 Å². The highest BCUT2D eigenvalue weighted by molar-refractivity contribution is 5.84. The molecule has 0 heterocycles. The molecule has 1 atom stereocenters. The molecule has 2 N–H and O–H groups in total. The number of hydrogen-bond donors (Lipinski definition) is 2. The van der Waals surface area contributed by atoms with Crippen molar-refractivity contribution in [3.63, 3.8) is 0 Å². The number of benzene rings is 1. The van der Waals surface area contributed by atoms with Gasteiger partial charge < -0.3 is 10.5 Å². The van der Waals surface area contributed by atoms with Crippen LogP contribution in [0.3, 0.4) is 0 Å². The lowest BCUT2D eigenvalue weighted by molar-refractivity contribution is 0.170. The summed E-state index contributed by atoms with van der Waals surface area (Å²) in [7, 11) is 0. The topological polar surface area (TPSA) is 44.1 Å². The average molecular weight is 253 g/mol. The molecule has 0 aliphatic heterocycles. The van der Waals surface area contributed by atoms with Crippen molar-refractivity contribution in [2.75, 3.05) is 0 Å². The lowest BCUT2D eigenvalue weighted by Crippen LogP contribution is -2.14. The predicted molar refractivity (Wildman–Crippen MR) is 49.6 cm³/mol. The summed E-state index contributed by atoms with van der Waals surface area (Å²) in [5.74, 6) is -4.75. The van der Waals surface area contributed by atoms with Crippen molar-refractivity contribution in [3.8, 4) is 0 Å². The van der Waals surface area contributed by atoms with Crippen molar-refractivity contribution in [2.24, 2.45) is 0 Å². The summed E-state index contributed by atoms with van der Waals surface area (Å²) in [5, 5.41) is 16.2. The maximum atomic E-state index is 12.8. The van der Waals surface area contributed by atoms with Crippen LogP contribution in [0.4, 0.5) is 22.0 Å². The minimum Gasteiger partial charge on any atom is -0.388 e. The van der Waals surface area contributed by atoms with E-state index in [0.29, 0.717) is 12.1 Å². The summed E-state index contributed by atoms with van der Waals surface area (Å²) in [6.45, 7) is 0. The lowest BCUT2D eigenvalue weighted by atomic mass is 10.0. The maximum absolute atomic E-state index is 12.8. The predicted octanol–water partition coefficient (Wildman–Crippen LogP) is 2.81. The van der Waals surface area contributed by atoms with E-state index in [9.17, 15) is 27.1 Å². The van der Waals surface area contributed by atoms with E-state index in [2.05, 4.69) is 0 Å². The van der Waals surface area contributed by atoms with E-state index in [0.717, 1.165) is 0 Å². The van der Waals surface area contributed by atoms with Crippen molar-refractivity contribution in [1.82, 2.24) is 0 Å². The van der Waals surface area contributed by atoms with Crippen molar-refractivity contribution < 1.29 is 27.1 Å². The zero-order valence-corrected chi connectivity index (χ0v) is 8.35. The molecule has 17 heavy (non-hydrogen) atoms. The van der Waals surface area contributed by atoms with E-state index in [1.165, 1.54) is 0 Å². The van der Waals surface area contributed by atoms with E-state index >= 15 is 0 Å². The van der Waals surface area contributed by atoms with E-state index < -0.39 is 47.7 Å². The van der Waals surface area contributed by atoms with Crippen LogP contribution in [0.1, 0.15) is 18.1 Å².